The fourth-order valence-electron chi connectivity index (χ4n) is 3.51. The Balaban J connectivity index is 1.59. The first-order valence-electron chi connectivity index (χ1n) is 9.09. The van der Waals surface area contributed by atoms with Crippen LogP contribution in [0.25, 0.3) is 0 Å². The van der Waals surface area contributed by atoms with E-state index in [1.165, 1.54) is 4.31 Å². The summed E-state index contributed by atoms with van der Waals surface area (Å²) in [5, 5.41) is 0. The summed E-state index contributed by atoms with van der Waals surface area (Å²) >= 11 is 0. The largest absolute Gasteiger partial charge is 0.376 e. The molecule has 7 nitrogen and oxygen atoms in total. The van der Waals surface area contributed by atoms with Crippen molar-refractivity contribution in [3.63, 3.8) is 0 Å². The van der Waals surface area contributed by atoms with Gasteiger partial charge >= 0.3 is 0 Å². The molecule has 1 aromatic rings. The van der Waals surface area contributed by atoms with Crippen LogP contribution in [-0.2, 0) is 19.6 Å². The maximum Gasteiger partial charge on any atom is 0.243 e. The van der Waals surface area contributed by atoms with Crippen LogP contribution >= 0.6 is 0 Å². The molecule has 3 rings (SSSR count). The lowest BCUT2D eigenvalue weighted by Gasteiger charge is -2.39. The van der Waals surface area contributed by atoms with Crippen molar-refractivity contribution in [2.24, 2.45) is 0 Å². The molecule has 2 saturated heterocycles. The molecule has 0 radical (unpaired) electrons. The van der Waals surface area contributed by atoms with Crippen LogP contribution in [0.2, 0.25) is 0 Å². The molecule has 26 heavy (non-hydrogen) atoms. The van der Waals surface area contributed by atoms with Gasteiger partial charge in [0.25, 0.3) is 0 Å². The number of sulfonamides is 1. The van der Waals surface area contributed by atoms with Crippen molar-refractivity contribution in [3.8, 4) is 0 Å². The Labute approximate surface area is 155 Å². The van der Waals surface area contributed by atoms with Crippen molar-refractivity contribution < 1.29 is 17.9 Å². The zero-order valence-corrected chi connectivity index (χ0v) is 16.2. The zero-order chi connectivity index (χ0) is 18.7. The topological polar surface area (TPSA) is 70.2 Å². The molecule has 0 aliphatic carbocycles. The van der Waals surface area contributed by atoms with E-state index in [1.54, 1.807) is 35.2 Å². The van der Waals surface area contributed by atoms with E-state index < -0.39 is 10.0 Å². The smallest absolute Gasteiger partial charge is 0.243 e. The van der Waals surface area contributed by atoms with Crippen LogP contribution in [-0.4, -0.2) is 86.5 Å². The number of ether oxygens (including phenoxy) is 1. The molecular weight excluding hydrogens is 354 g/mol. The second kappa shape index (κ2) is 8.04. The second-order valence-corrected chi connectivity index (χ2v) is 8.83. The highest BCUT2D eigenvalue weighted by atomic mass is 32.2. The predicted octanol–water partition coefficient (Wildman–Crippen LogP) is 0.629. The van der Waals surface area contributed by atoms with Gasteiger partial charge in [-0.15, -0.1) is 0 Å². The van der Waals surface area contributed by atoms with Gasteiger partial charge in [0.1, 0.15) is 0 Å². The van der Waals surface area contributed by atoms with Crippen LogP contribution < -0.4 is 0 Å². The average Bonchev–Trinajstić information content (AvgIpc) is 2.67. The summed E-state index contributed by atoms with van der Waals surface area (Å²) in [6.07, 6.45) is 0.131. The molecule has 0 N–H and O–H groups in total. The molecule has 2 aliphatic rings. The third-order valence-electron chi connectivity index (χ3n) is 5.11. The van der Waals surface area contributed by atoms with Crippen molar-refractivity contribution in [3.05, 3.63) is 30.3 Å². The van der Waals surface area contributed by atoms with Gasteiger partial charge in [0.05, 0.1) is 23.6 Å². The molecule has 8 heteroatoms. The Morgan fingerprint density at radius 1 is 1.12 bits per heavy atom. The molecule has 0 bridgehead atoms. The van der Waals surface area contributed by atoms with Crippen LogP contribution in [0.4, 0.5) is 0 Å². The van der Waals surface area contributed by atoms with E-state index in [1.807, 2.05) is 13.8 Å². The number of piperazine rings is 1. The third kappa shape index (κ3) is 4.09. The number of morpholine rings is 1. The first-order chi connectivity index (χ1) is 12.4. The first kappa shape index (κ1) is 19.3. The van der Waals surface area contributed by atoms with E-state index in [4.69, 9.17) is 4.74 Å². The van der Waals surface area contributed by atoms with E-state index in [9.17, 15) is 13.2 Å². The van der Waals surface area contributed by atoms with Crippen molar-refractivity contribution >= 4 is 15.9 Å². The van der Waals surface area contributed by atoms with Gasteiger partial charge in [-0.05, 0) is 26.0 Å². The summed E-state index contributed by atoms with van der Waals surface area (Å²) in [5.74, 6) is 0.0656. The standard InChI is InChI=1S/C18H27N3O4S/c1-15-14-20(12-13-25-15)16(2)18(22)19-8-10-21(11-9-19)26(23,24)17-6-4-3-5-7-17/h3-7,15-16H,8-14H2,1-2H3. The minimum atomic E-state index is -3.49. The number of amides is 1. The fourth-order valence-corrected chi connectivity index (χ4v) is 4.95. The number of rotatable bonds is 4. The van der Waals surface area contributed by atoms with Gasteiger partial charge in [0, 0.05) is 39.3 Å². The molecule has 144 valence electrons. The van der Waals surface area contributed by atoms with E-state index >= 15 is 0 Å². The maximum atomic E-state index is 12.8. The quantitative estimate of drug-likeness (QED) is 0.765. The highest BCUT2D eigenvalue weighted by Crippen LogP contribution is 2.18. The lowest BCUT2D eigenvalue weighted by Crippen LogP contribution is -2.57. The van der Waals surface area contributed by atoms with Crippen LogP contribution in [0.5, 0.6) is 0 Å². The Bertz CT molecular complexity index is 717. The van der Waals surface area contributed by atoms with E-state index in [-0.39, 0.29) is 18.1 Å². The van der Waals surface area contributed by atoms with Gasteiger partial charge < -0.3 is 9.64 Å². The minimum Gasteiger partial charge on any atom is -0.376 e. The second-order valence-electron chi connectivity index (χ2n) is 6.89. The molecule has 2 atom stereocenters. The summed E-state index contributed by atoms with van der Waals surface area (Å²) in [6.45, 7) is 7.58. The molecule has 2 unspecified atom stereocenters. The van der Waals surface area contributed by atoms with E-state index in [0.717, 1.165) is 13.1 Å². The molecule has 1 amide bonds. The lowest BCUT2D eigenvalue weighted by molar-refractivity contribution is -0.140. The van der Waals surface area contributed by atoms with Crippen molar-refractivity contribution in [1.29, 1.82) is 0 Å². The maximum absolute atomic E-state index is 12.8. The van der Waals surface area contributed by atoms with E-state index in [0.29, 0.717) is 37.7 Å². The van der Waals surface area contributed by atoms with E-state index in [2.05, 4.69) is 4.90 Å². The molecule has 2 heterocycles. The third-order valence-corrected chi connectivity index (χ3v) is 7.02. The van der Waals surface area contributed by atoms with Gasteiger partial charge in [-0.25, -0.2) is 8.42 Å². The van der Waals surface area contributed by atoms with Crippen molar-refractivity contribution in [1.82, 2.24) is 14.1 Å². The Morgan fingerprint density at radius 2 is 1.77 bits per heavy atom. The average molecular weight is 381 g/mol. The summed E-state index contributed by atoms with van der Waals surface area (Å²) in [6, 6.07) is 8.24. The van der Waals surface area contributed by atoms with Gasteiger partial charge in [-0.2, -0.15) is 4.31 Å². The number of carbonyl (C=O) groups excluding carboxylic acids is 1. The summed E-state index contributed by atoms with van der Waals surface area (Å²) in [4.78, 5) is 17.0. The Hall–Kier alpha value is -1.48. The van der Waals surface area contributed by atoms with Gasteiger partial charge in [-0.1, -0.05) is 18.2 Å². The highest BCUT2D eigenvalue weighted by Gasteiger charge is 2.33. The molecule has 2 fully saturated rings. The number of hydrogen-bond acceptors (Lipinski definition) is 5. The monoisotopic (exact) mass is 381 g/mol. The SMILES string of the molecule is CC1CN(C(C)C(=O)N2CCN(S(=O)(=O)c3ccccc3)CC2)CCO1. The Morgan fingerprint density at radius 3 is 2.38 bits per heavy atom. The van der Waals surface area contributed by atoms with Crippen LogP contribution in [0, 0.1) is 0 Å². The number of carbonyl (C=O) groups is 1. The highest BCUT2D eigenvalue weighted by molar-refractivity contribution is 7.89. The van der Waals surface area contributed by atoms with Crippen LogP contribution in [0.1, 0.15) is 13.8 Å². The molecular formula is C18H27N3O4S. The Kier molecular flexibility index (Phi) is 5.96. The summed E-state index contributed by atoms with van der Waals surface area (Å²) in [7, 11) is -3.49. The molecule has 1 aromatic carbocycles. The molecule has 0 aromatic heterocycles. The van der Waals surface area contributed by atoms with Crippen molar-refractivity contribution in [2.45, 2.75) is 30.9 Å². The molecule has 2 aliphatic heterocycles. The number of benzene rings is 1. The number of nitrogens with zero attached hydrogens (tertiary/aromatic N) is 3. The normalized spacial score (nSPS) is 24.4. The van der Waals surface area contributed by atoms with Gasteiger partial charge in [0.2, 0.25) is 15.9 Å². The van der Waals surface area contributed by atoms with Crippen molar-refractivity contribution in [2.75, 3.05) is 45.9 Å². The van der Waals surface area contributed by atoms with Crippen LogP contribution in [0.15, 0.2) is 35.2 Å². The van der Waals surface area contributed by atoms with Gasteiger partial charge in [0.15, 0.2) is 0 Å². The number of hydrogen-bond donors (Lipinski definition) is 0. The van der Waals surface area contributed by atoms with Crippen LogP contribution in [0.3, 0.4) is 0 Å². The molecule has 0 spiro atoms. The minimum absolute atomic E-state index is 0.0656. The molecule has 0 saturated carbocycles. The summed E-state index contributed by atoms with van der Waals surface area (Å²) < 4.78 is 32.4. The zero-order valence-electron chi connectivity index (χ0n) is 15.4. The fraction of sp³-hybridized carbons (Fsp3) is 0.611. The summed E-state index contributed by atoms with van der Waals surface area (Å²) in [5.41, 5.74) is 0. The first-order valence-corrected chi connectivity index (χ1v) is 10.5. The predicted molar refractivity (Wildman–Crippen MR) is 98.2 cm³/mol. The van der Waals surface area contributed by atoms with Gasteiger partial charge in [-0.3, -0.25) is 9.69 Å². The lowest BCUT2D eigenvalue weighted by atomic mass is 10.2.